The van der Waals surface area contributed by atoms with Crippen LogP contribution < -0.4 is 4.74 Å². The van der Waals surface area contributed by atoms with E-state index >= 15 is 0 Å². The van der Waals surface area contributed by atoms with Crippen LogP contribution in [-0.2, 0) is 0 Å². The van der Waals surface area contributed by atoms with Crippen LogP contribution in [0.2, 0.25) is 10.0 Å². The first-order chi connectivity index (χ1) is 11.9. The van der Waals surface area contributed by atoms with E-state index in [-0.39, 0.29) is 32.8 Å². The normalized spacial score (nSPS) is 10.6. The van der Waals surface area contributed by atoms with E-state index in [1.54, 1.807) is 18.2 Å². The fraction of sp³-hybridized carbons (Fsp3) is 0. The van der Waals surface area contributed by atoms with Crippen LogP contribution in [0.4, 0.5) is 5.69 Å². The number of carboxylic acids is 1. The molecular formula is C16H8Cl2N2O5. The molecule has 0 aliphatic rings. The van der Waals surface area contributed by atoms with Crippen molar-refractivity contribution in [3.63, 3.8) is 0 Å². The summed E-state index contributed by atoms with van der Waals surface area (Å²) in [6.07, 6.45) is 1.32. The number of aromatic carboxylic acids is 1. The predicted molar refractivity (Wildman–Crippen MR) is 91.9 cm³/mol. The van der Waals surface area contributed by atoms with Gasteiger partial charge in [-0.1, -0.05) is 35.3 Å². The molecule has 0 spiro atoms. The maximum atomic E-state index is 11.2. The molecule has 0 unspecified atom stereocenters. The summed E-state index contributed by atoms with van der Waals surface area (Å²) >= 11 is 12.0. The standard InChI is InChI=1S/C16H8Cl2N2O5/c17-12-5-9(20(23)24)6-13(18)15(12)25-10-4-8-2-1-3-11(16(21)22)14(8)19-7-10/h1-7H,(H,21,22). The number of nitro groups is 1. The third-order valence-electron chi connectivity index (χ3n) is 3.33. The SMILES string of the molecule is O=C(O)c1cccc2cc(Oc3c(Cl)cc([N+](=O)[O-])cc3Cl)cnc12. The van der Waals surface area contributed by atoms with Gasteiger partial charge >= 0.3 is 5.97 Å². The lowest BCUT2D eigenvalue weighted by Crippen LogP contribution is -1.99. The Balaban J connectivity index is 2.02. The van der Waals surface area contributed by atoms with E-state index < -0.39 is 10.9 Å². The number of hydrogen-bond donors (Lipinski definition) is 1. The molecule has 1 heterocycles. The number of para-hydroxylation sites is 1. The lowest BCUT2D eigenvalue weighted by Gasteiger charge is -2.10. The van der Waals surface area contributed by atoms with Crippen LogP contribution in [0.3, 0.4) is 0 Å². The molecular weight excluding hydrogens is 371 g/mol. The fourth-order valence-corrected chi connectivity index (χ4v) is 2.79. The third-order valence-corrected chi connectivity index (χ3v) is 3.89. The number of nitrogens with zero attached hydrogens (tertiary/aromatic N) is 2. The van der Waals surface area contributed by atoms with Gasteiger partial charge in [0, 0.05) is 17.5 Å². The quantitative estimate of drug-likeness (QED) is 0.509. The van der Waals surface area contributed by atoms with Crippen molar-refractivity contribution in [3.05, 3.63) is 68.3 Å². The molecule has 0 aliphatic heterocycles. The van der Waals surface area contributed by atoms with Crippen LogP contribution in [0, 0.1) is 10.1 Å². The van der Waals surface area contributed by atoms with Gasteiger partial charge in [-0.3, -0.25) is 15.1 Å². The summed E-state index contributed by atoms with van der Waals surface area (Å²) in [6, 6.07) is 8.54. The first-order valence-corrected chi connectivity index (χ1v) is 7.56. The monoisotopic (exact) mass is 378 g/mol. The van der Waals surface area contributed by atoms with Gasteiger partial charge in [-0.25, -0.2) is 4.79 Å². The summed E-state index contributed by atoms with van der Waals surface area (Å²) in [5, 5.41) is 20.5. The molecule has 0 bridgehead atoms. The van der Waals surface area contributed by atoms with Gasteiger partial charge < -0.3 is 9.84 Å². The number of ether oxygens (including phenoxy) is 1. The largest absolute Gasteiger partial charge is 0.478 e. The van der Waals surface area contributed by atoms with E-state index in [4.69, 9.17) is 33.0 Å². The summed E-state index contributed by atoms with van der Waals surface area (Å²) in [5.41, 5.74) is 0.115. The second-order valence-corrected chi connectivity index (χ2v) is 5.77. The average molecular weight is 379 g/mol. The Hall–Kier alpha value is -2.90. The highest BCUT2D eigenvalue weighted by Crippen LogP contribution is 2.39. The molecule has 2 aromatic carbocycles. The van der Waals surface area contributed by atoms with Crippen molar-refractivity contribution in [3.8, 4) is 11.5 Å². The second kappa shape index (κ2) is 6.54. The molecule has 3 rings (SSSR count). The Bertz CT molecular complexity index is 1000. The number of benzene rings is 2. The van der Waals surface area contributed by atoms with Gasteiger partial charge in [0.25, 0.3) is 5.69 Å². The molecule has 0 aliphatic carbocycles. The van der Waals surface area contributed by atoms with E-state index in [2.05, 4.69) is 4.98 Å². The van der Waals surface area contributed by atoms with Crippen molar-refractivity contribution in [2.75, 3.05) is 0 Å². The maximum Gasteiger partial charge on any atom is 0.337 e. The highest BCUT2D eigenvalue weighted by Gasteiger charge is 2.17. The van der Waals surface area contributed by atoms with Crippen molar-refractivity contribution < 1.29 is 19.6 Å². The summed E-state index contributed by atoms with van der Waals surface area (Å²) < 4.78 is 5.59. The van der Waals surface area contributed by atoms with Crippen molar-refractivity contribution in [2.24, 2.45) is 0 Å². The number of carboxylic acid groups (broad SMARTS) is 1. The van der Waals surface area contributed by atoms with Gasteiger partial charge in [-0.15, -0.1) is 0 Å². The molecule has 0 radical (unpaired) electrons. The zero-order valence-electron chi connectivity index (χ0n) is 12.3. The Labute approximate surface area is 150 Å². The number of pyridine rings is 1. The van der Waals surface area contributed by atoms with Gasteiger partial charge in [0.1, 0.15) is 5.75 Å². The van der Waals surface area contributed by atoms with E-state index in [1.165, 1.54) is 12.3 Å². The molecule has 3 aromatic rings. The van der Waals surface area contributed by atoms with E-state index in [9.17, 15) is 14.9 Å². The molecule has 9 heteroatoms. The van der Waals surface area contributed by atoms with E-state index in [0.717, 1.165) is 12.1 Å². The molecule has 1 aromatic heterocycles. The third kappa shape index (κ3) is 3.33. The van der Waals surface area contributed by atoms with Gasteiger partial charge in [-0.05, 0) is 12.1 Å². The average Bonchev–Trinajstić information content (AvgIpc) is 2.56. The minimum Gasteiger partial charge on any atom is -0.478 e. The molecule has 0 saturated carbocycles. The van der Waals surface area contributed by atoms with Crippen molar-refractivity contribution in [2.45, 2.75) is 0 Å². The Morgan fingerprint density at radius 2 is 1.88 bits per heavy atom. The van der Waals surface area contributed by atoms with Gasteiger partial charge in [0.05, 0.1) is 32.2 Å². The van der Waals surface area contributed by atoms with Gasteiger partial charge in [0.15, 0.2) is 5.75 Å². The molecule has 25 heavy (non-hydrogen) atoms. The van der Waals surface area contributed by atoms with Crippen molar-refractivity contribution >= 4 is 45.8 Å². The number of non-ortho nitro benzene ring substituents is 1. The number of rotatable bonds is 4. The Morgan fingerprint density at radius 3 is 2.48 bits per heavy atom. The summed E-state index contributed by atoms with van der Waals surface area (Å²) in [7, 11) is 0. The Kier molecular flexibility index (Phi) is 4.43. The van der Waals surface area contributed by atoms with Gasteiger partial charge in [0.2, 0.25) is 0 Å². The topological polar surface area (TPSA) is 103 Å². The number of hydrogen-bond acceptors (Lipinski definition) is 5. The molecule has 126 valence electrons. The number of halogens is 2. The van der Waals surface area contributed by atoms with Gasteiger partial charge in [-0.2, -0.15) is 0 Å². The van der Waals surface area contributed by atoms with Crippen LogP contribution >= 0.6 is 23.2 Å². The first kappa shape index (κ1) is 16.9. The zero-order valence-corrected chi connectivity index (χ0v) is 13.8. The maximum absolute atomic E-state index is 11.2. The smallest absolute Gasteiger partial charge is 0.337 e. The van der Waals surface area contributed by atoms with Crippen LogP contribution in [-0.4, -0.2) is 21.0 Å². The molecule has 7 nitrogen and oxygen atoms in total. The number of carbonyl (C=O) groups is 1. The minimum atomic E-state index is -1.09. The van der Waals surface area contributed by atoms with Crippen molar-refractivity contribution in [1.29, 1.82) is 0 Å². The highest BCUT2D eigenvalue weighted by atomic mass is 35.5. The first-order valence-electron chi connectivity index (χ1n) is 6.80. The Morgan fingerprint density at radius 1 is 1.20 bits per heavy atom. The molecule has 0 saturated heterocycles. The molecule has 0 atom stereocenters. The highest BCUT2D eigenvalue weighted by molar-refractivity contribution is 6.37. The van der Waals surface area contributed by atoms with Crippen LogP contribution in [0.25, 0.3) is 10.9 Å². The van der Waals surface area contributed by atoms with Crippen LogP contribution in [0.15, 0.2) is 42.6 Å². The molecule has 0 fully saturated rings. The summed E-state index contributed by atoms with van der Waals surface area (Å²) in [4.78, 5) is 25.5. The molecule has 0 amide bonds. The number of fused-ring (bicyclic) bond motifs is 1. The van der Waals surface area contributed by atoms with E-state index in [0.29, 0.717) is 10.9 Å². The van der Waals surface area contributed by atoms with Crippen LogP contribution in [0.5, 0.6) is 11.5 Å². The predicted octanol–water partition coefficient (Wildman–Crippen LogP) is 4.94. The van der Waals surface area contributed by atoms with Crippen molar-refractivity contribution in [1.82, 2.24) is 4.98 Å². The lowest BCUT2D eigenvalue weighted by molar-refractivity contribution is -0.384. The second-order valence-electron chi connectivity index (χ2n) is 4.95. The van der Waals surface area contributed by atoms with Crippen LogP contribution in [0.1, 0.15) is 10.4 Å². The fourth-order valence-electron chi connectivity index (χ4n) is 2.24. The summed E-state index contributed by atoms with van der Waals surface area (Å²) in [5.74, 6) is -0.787. The number of aromatic nitrogens is 1. The minimum absolute atomic E-state index is 0.0291. The van der Waals surface area contributed by atoms with E-state index in [1.807, 2.05) is 0 Å². The lowest BCUT2D eigenvalue weighted by atomic mass is 10.1. The number of nitro benzene ring substituents is 1. The summed E-state index contributed by atoms with van der Waals surface area (Å²) in [6.45, 7) is 0. The zero-order chi connectivity index (χ0) is 18.1. The molecule has 1 N–H and O–H groups in total.